The van der Waals surface area contributed by atoms with Crippen LogP contribution in [0, 0.1) is 13.8 Å². The van der Waals surface area contributed by atoms with Gasteiger partial charge in [0.1, 0.15) is 5.56 Å². The molecule has 1 saturated heterocycles. The highest BCUT2D eigenvalue weighted by molar-refractivity contribution is 9.10. The average molecular weight is 443 g/mol. The van der Waals surface area contributed by atoms with Gasteiger partial charge < -0.3 is 10.1 Å². The maximum Gasteiger partial charge on any atom is 0.256 e. The maximum atomic E-state index is 12.6. The van der Waals surface area contributed by atoms with E-state index in [2.05, 4.69) is 38.5 Å². The van der Waals surface area contributed by atoms with E-state index in [-0.39, 0.29) is 12.0 Å². The van der Waals surface area contributed by atoms with Crippen LogP contribution in [0.15, 0.2) is 34.9 Å². The Balaban J connectivity index is 1.60. The molecule has 1 aromatic carbocycles. The molecule has 4 rings (SSSR count). The van der Waals surface area contributed by atoms with Gasteiger partial charge in [-0.2, -0.15) is 5.10 Å². The Labute approximate surface area is 172 Å². The van der Waals surface area contributed by atoms with Crippen LogP contribution in [0.1, 0.15) is 45.7 Å². The van der Waals surface area contributed by atoms with Crippen molar-refractivity contribution in [2.24, 2.45) is 0 Å². The van der Waals surface area contributed by atoms with Gasteiger partial charge >= 0.3 is 0 Å². The Morgan fingerprint density at radius 3 is 3.00 bits per heavy atom. The van der Waals surface area contributed by atoms with Crippen LogP contribution in [0.4, 0.5) is 0 Å². The van der Waals surface area contributed by atoms with Crippen molar-refractivity contribution in [3.63, 3.8) is 0 Å². The smallest absolute Gasteiger partial charge is 0.256 e. The molecule has 1 amide bonds. The molecule has 2 aromatic heterocycles. The summed E-state index contributed by atoms with van der Waals surface area (Å²) in [6.07, 6.45) is 4.52. The first-order valence-electron chi connectivity index (χ1n) is 9.51. The van der Waals surface area contributed by atoms with E-state index < -0.39 is 0 Å². The Bertz CT molecular complexity index is 1020. The number of hydrogen-bond donors (Lipinski definition) is 1. The lowest BCUT2D eigenvalue weighted by atomic mass is 10.0. The largest absolute Gasteiger partial charge is 0.376 e. The van der Waals surface area contributed by atoms with Crippen LogP contribution in [-0.2, 0) is 11.2 Å². The SMILES string of the molecule is Cc1nc2c(C(=O)NCC3CCCO3)cnn2c(C)c1Cc1cccc(Br)c1. The zero-order chi connectivity index (χ0) is 19.7. The summed E-state index contributed by atoms with van der Waals surface area (Å²) in [6.45, 7) is 5.31. The fraction of sp³-hybridized carbons (Fsp3) is 0.381. The third-order valence-electron chi connectivity index (χ3n) is 5.24. The maximum absolute atomic E-state index is 12.6. The van der Waals surface area contributed by atoms with E-state index in [9.17, 15) is 4.79 Å². The van der Waals surface area contributed by atoms with Crippen LogP contribution in [0.3, 0.4) is 0 Å². The zero-order valence-corrected chi connectivity index (χ0v) is 17.6. The molecular formula is C21H23BrN4O2. The summed E-state index contributed by atoms with van der Waals surface area (Å²) in [4.78, 5) is 17.4. The molecule has 7 heteroatoms. The molecule has 1 N–H and O–H groups in total. The first kappa shape index (κ1) is 19.1. The van der Waals surface area contributed by atoms with Crippen LogP contribution in [-0.4, -0.2) is 39.8 Å². The highest BCUT2D eigenvalue weighted by Crippen LogP contribution is 2.22. The van der Waals surface area contributed by atoms with E-state index in [1.807, 2.05) is 26.0 Å². The van der Waals surface area contributed by atoms with Crippen molar-refractivity contribution < 1.29 is 9.53 Å². The third-order valence-corrected chi connectivity index (χ3v) is 5.73. The minimum Gasteiger partial charge on any atom is -0.376 e. The van der Waals surface area contributed by atoms with Crippen LogP contribution < -0.4 is 5.32 Å². The number of carbonyl (C=O) groups is 1. The van der Waals surface area contributed by atoms with Gasteiger partial charge in [-0.3, -0.25) is 4.79 Å². The molecule has 3 aromatic rings. The van der Waals surface area contributed by atoms with Crippen LogP contribution in [0.2, 0.25) is 0 Å². The van der Waals surface area contributed by atoms with Crippen molar-refractivity contribution in [2.45, 2.75) is 39.2 Å². The number of fused-ring (bicyclic) bond motifs is 1. The van der Waals surface area contributed by atoms with E-state index in [0.29, 0.717) is 17.8 Å². The lowest BCUT2D eigenvalue weighted by Crippen LogP contribution is -2.31. The monoisotopic (exact) mass is 442 g/mol. The van der Waals surface area contributed by atoms with Gasteiger partial charge in [-0.1, -0.05) is 28.1 Å². The summed E-state index contributed by atoms with van der Waals surface area (Å²) >= 11 is 3.52. The molecule has 0 saturated carbocycles. The van der Waals surface area contributed by atoms with Gasteiger partial charge in [-0.25, -0.2) is 9.50 Å². The fourth-order valence-electron chi connectivity index (χ4n) is 3.69. The quantitative estimate of drug-likeness (QED) is 0.654. The Hall–Kier alpha value is -2.25. The minimum absolute atomic E-state index is 0.110. The van der Waals surface area contributed by atoms with Crippen molar-refractivity contribution >= 4 is 27.5 Å². The van der Waals surface area contributed by atoms with Crippen molar-refractivity contribution in [3.05, 3.63) is 63.0 Å². The van der Waals surface area contributed by atoms with Gasteiger partial charge in [0.25, 0.3) is 5.91 Å². The summed E-state index contributed by atoms with van der Waals surface area (Å²) in [5.41, 5.74) is 5.33. The molecule has 0 aliphatic carbocycles. The van der Waals surface area contributed by atoms with Gasteiger partial charge in [0, 0.05) is 35.4 Å². The molecule has 28 heavy (non-hydrogen) atoms. The molecule has 1 aliphatic rings. The molecule has 1 atom stereocenters. The van der Waals surface area contributed by atoms with Gasteiger partial charge in [0.2, 0.25) is 0 Å². The number of nitrogens with one attached hydrogen (secondary N) is 1. The Morgan fingerprint density at radius 1 is 1.39 bits per heavy atom. The molecule has 1 fully saturated rings. The first-order valence-corrected chi connectivity index (χ1v) is 10.3. The van der Waals surface area contributed by atoms with Crippen LogP contribution in [0.25, 0.3) is 5.65 Å². The van der Waals surface area contributed by atoms with E-state index in [0.717, 1.165) is 47.3 Å². The normalized spacial score (nSPS) is 16.6. The van der Waals surface area contributed by atoms with Gasteiger partial charge in [-0.05, 0) is 49.9 Å². The molecule has 1 aliphatic heterocycles. The number of aryl methyl sites for hydroxylation is 2. The van der Waals surface area contributed by atoms with Crippen molar-refractivity contribution in [3.8, 4) is 0 Å². The lowest BCUT2D eigenvalue weighted by Gasteiger charge is -2.13. The number of nitrogens with zero attached hydrogens (tertiary/aromatic N) is 3. The van der Waals surface area contributed by atoms with Crippen molar-refractivity contribution in [1.82, 2.24) is 19.9 Å². The van der Waals surface area contributed by atoms with Gasteiger partial charge in [-0.15, -0.1) is 0 Å². The summed E-state index contributed by atoms with van der Waals surface area (Å²) < 4.78 is 8.39. The van der Waals surface area contributed by atoms with Gasteiger partial charge in [0.05, 0.1) is 12.3 Å². The lowest BCUT2D eigenvalue weighted by molar-refractivity contribution is 0.0859. The van der Waals surface area contributed by atoms with Crippen LogP contribution >= 0.6 is 15.9 Å². The molecule has 0 radical (unpaired) electrons. The first-order chi connectivity index (χ1) is 13.5. The van der Waals surface area contributed by atoms with Gasteiger partial charge in [0.15, 0.2) is 5.65 Å². The molecule has 3 heterocycles. The third kappa shape index (κ3) is 3.82. The van der Waals surface area contributed by atoms with Crippen LogP contribution in [0.5, 0.6) is 0 Å². The van der Waals surface area contributed by atoms with Crippen molar-refractivity contribution in [2.75, 3.05) is 13.2 Å². The number of ether oxygens (including phenoxy) is 1. The zero-order valence-electron chi connectivity index (χ0n) is 16.0. The molecular weight excluding hydrogens is 420 g/mol. The molecule has 146 valence electrons. The number of benzene rings is 1. The second kappa shape index (κ2) is 8.01. The number of halogens is 1. The summed E-state index contributed by atoms with van der Waals surface area (Å²) in [5.74, 6) is -0.156. The molecule has 0 spiro atoms. The topological polar surface area (TPSA) is 68.5 Å². The predicted octanol–water partition coefficient (Wildman–Crippen LogP) is 3.61. The number of carbonyl (C=O) groups excluding carboxylic acids is 1. The summed E-state index contributed by atoms with van der Waals surface area (Å²) in [6, 6.07) is 8.25. The second-order valence-corrected chi connectivity index (χ2v) is 8.12. The molecule has 6 nitrogen and oxygen atoms in total. The average Bonchev–Trinajstić information content (AvgIpc) is 3.33. The number of rotatable bonds is 5. The van der Waals surface area contributed by atoms with E-state index in [4.69, 9.17) is 9.72 Å². The fourth-order valence-corrected chi connectivity index (χ4v) is 4.13. The van der Waals surface area contributed by atoms with Crippen molar-refractivity contribution in [1.29, 1.82) is 0 Å². The summed E-state index contributed by atoms with van der Waals surface area (Å²) in [5, 5.41) is 7.39. The highest BCUT2D eigenvalue weighted by atomic mass is 79.9. The predicted molar refractivity (Wildman–Crippen MR) is 111 cm³/mol. The van der Waals surface area contributed by atoms with E-state index >= 15 is 0 Å². The Morgan fingerprint density at radius 2 is 2.25 bits per heavy atom. The van der Waals surface area contributed by atoms with E-state index in [1.165, 1.54) is 5.56 Å². The number of amides is 1. The summed E-state index contributed by atoms with van der Waals surface area (Å²) in [7, 11) is 0. The van der Waals surface area contributed by atoms with E-state index in [1.54, 1.807) is 10.7 Å². The second-order valence-electron chi connectivity index (χ2n) is 7.21. The Kier molecular flexibility index (Phi) is 5.46. The molecule has 1 unspecified atom stereocenters. The highest BCUT2D eigenvalue weighted by Gasteiger charge is 2.21. The number of aromatic nitrogens is 3. The molecule has 0 bridgehead atoms. The number of hydrogen-bond acceptors (Lipinski definition) is 4. The standard InChI is InChI=1S/C21H23BrN4O2/c1-13-18(10-15-5-3-6-16(22)9-15)14(2)26-20(25-13)19(12-24-26)21(27)23-11-17-7-4-8-28-17/h3,5-6,9,12,17H,4,7-8,10-11H2,1-2H3,(H,23,27). The minimum atomic E-state index is -0.156.